The Morgan fingerprint density at radius 3 is 2.62 bits per heavy atom. The van der Waals surface area contributed by atoms with Crippen molar-refractivity contribution in [3.63, 3.8) is 0 Å². The van der Waals surface area contributed by atoms with E-state index in [4.69, 9.17) is 11.6 Å². The predicted molar refractivity (Wildman–Crippen MR) is 79.0 cm³/mol. The third-order valence-corrected chi connectivity index (χ3v) is 3.97. The fourth-order valence-corrected chi connectivity index (χ4v) is 2.78. The van der Waals surface area contributed by atoms with Crippen LogP contribution in [0.4, 0.5) is 10.1 Å². The second-order valence-corrected chi connectivity index (χ2v) is 5.56. The molecule has 1 amide bonds. The molecule has 0 spiro atoms. The lowest BCUT2D eigenvalue weighted by atomic mass is 9.95. The van der Waals surface area contributed by atoms with Gasteiger partial charge in [0.1, 0.15) is 11.9 Å². The number of hydrogen-bond acceptors (Lipinski definition) is 2. The lowest BCUT2D eigenvalue weighted by Crippen LogP contribution is -2.09. The van der Waals surface area contributed by atoms with Crippen LogP contribution < -0.4 is 5.32 Å². The van der Waals surface area contributed by atoms with E-state index in [1.165, 1.54) is 24.3 Å². The Bertz CT molecular complexity index is 715. The molecule has 3 nitrogen and oxygen atoms in total. The van der Waals surface area contributed by atoms with Crippen molar-refractivity contribution in [2.75, 3.05) is 5.32 Å². The van der Waals surface area contributed by atoms with E-state index in [2.05, 4.69) is 5.32 Å². The first-order chi connectivity index (χ1) is 9.97. The number of carbonyl (C=O) groups is 1. The summed E-state index contributed by atoms with van der Waals surface area (Å²) in [5.74, 6) is -0.804. The van der Waals surface area contributed by atoms with Crippen LogP contribution in [-0.4, -0.2) is 11.0 Å². The Labute approximate surface area is 126 Å². The molecule has 1 heterocycles. The van der Waals surface area contributed by atoms with E-state index in [1.807, 2.05) is 0 Å². The molecule has 0 bridgehead atoms. The summed E-state index contributed by atoms with van der Waals surface area (Å²) in [4.78, 5) is 11.8. The molecular weight excluding hydrogens is 293 g/mol. The molecule has 0 saturated heterocycles. The first-order valence-electron chi connectivity index (χ1n) is 6.55. The summed E-state index contributed by atoms with van der Waals surface area (Å²) in [6, 6.07) is 8.92. The number of nitrogens with one attached hydrogen (secondary N) is 1. The highest BCUT2D eigenvalue weighted by Gasteiger charge is 2.31. The van der Waals surface area contributed by atoms with Gasteiger partial charge in [0.15, 0.2) is 0 Å². The Balaban J connectivity index is 2.09. The molecule has 0 saturated carbocycles. The van der Waals surface area contributed by atoms with Gasteiger partial charge in [-0.15, -0.1) is 0 Å². The molecule has 2 aromatic carbocycles. The molecule has 0 aromatic heterocycles. The average molecular weight is 306 g/mol. The zero-order valence-corrected chi connectivity index (χ0v) is 12.0. The van der Waals surface area contributed by atoms with Gasteiger partial charge in [0.05, 0.1) is 11.6 Å². The van der Waals surface area contributed by atoms with Crippen LogP contribution in [0, 0.1) is 5.82 Å². The van der Waals surface area contributed by atoms with Crippen LogP contribution in [0.2, 0.25) is 5.02 Å². The Hall–Kier alpha value is -1.91. The Morgan fingerprint density at radius 2 is 1.95 bits per heavy atom. The van der Waals surface area contributed by atoms with Gasteiger partial charge in [-0.05, 0) is 42.3 Å². The molecule has 2 N–H and O–H groups in total. The second kappa shape index (κ2) is 5.13. The maximum absolute atomic E-state index is 13.0. The summed E-state index contributed by atoms with van der Waals surface area (Å²) >= 11 is 6.09. The fourth-order valence-electron chi connectivity index (χ4n) is 2.55. The summed E-state index contributed by atoms with van der Waals surface area (Å²) in [7, 11) is 0. The molecule has 108 valence electrons. The normalized spacial score (nSPS) is 18.3. The molecule has 2 unspecified atom stereocenters. The van der Waals surface area contributed by atoms with Crippen molar-refractivity contribution in [3.05, 3.63) is 63.9 Å². The number of anilines is 1. The van der Waals surface area contributed by atoms with Crippen molar-refractivity contribution >= 4 is 23.2 Å². The van der Waals surface area contributed by atoms with E-state index in [1.54, 1.807) is 19.1 Å². The third-order valence-electron chi connectivity index (χ3n) is 3.75. The summed E-state index contributed by atoms with van der Waals surface area (Å²) in [6.45, 7) is 1.78. The number of carbonyl (C=O) groups excluding carboxylic acids is 1. The average Bonchev–Trinajstić information content (AvgIpc) is 2.74. The minimum absolute atomic E-state index is 0.125. The van der Waals surface area contributed by atoms with Crippen molar-refractivity contribution in [1.82, 2.24) is 0 Å². The molecule has 1 aliphatic rings. The zero-order chi connectivity index (χ0) is 15.1. The summed E-state index contributed by atoms with van der Waals surface area (Å²) in [6.07, 6.45) is -0.983. The van der Waals surface area contributed by atoms with Gasteiger partial charge in [0.2, 0.25) is 5.91 Å². The molecule has 21 heavy (non-hydrogen) atoms. The summed E-state index contributed by atoms with van der Waals surface area (Å²) in [5, 5.41) is 13.7. The number of aliphatic hydroxyl groups is 1. The Morgan fingerprint density at radius 1 is 1.29 bits per heavy atom. The fraction of sp³-hybridized carbons (Fsp3) is 0.188. The SMILES string of the molecule is CC1C(=O)Nc2c1cc(Cl)cc2C(O)c1ccc(F)cc1. The minimum Gasteiger partial charge on any atom is -0.384 e. The molecule has 2 atom stereocenters. The first-order valence-corrected chi connectivity index (χ1v) is 6.93. The highest BCUT2D eigenvalue weighted by Crippen LogP contribution is 2.41. The van der Waals surface area contributed by atoms with E-state index in [0.717, 1.165) is 5.56 Å². The lowest BCUT2D eigenvalue weighted by molar-refractivity contribution is -0.116. The molecule has 0 aliphatic carbocycles. The van der Waals surface area contributed by atoms with Gasteiger partial charge in [-0.3, -0.25) is 4.79 Å². The molecule has 0 radical (unpaired) electrons. The lowest BCUT2D eigenvalue weighted by Gasteiger charge is -2.16. The van der Waals surface area contributed by atoms with Crippen LogP contribution in [0.1, 0.15) is 35.6 Å². The molecule has 2 aromatic rings. The number of aliphatic hydroxyl groups excluding tert-OH is 1. The van der Waals surface area contributed by atoms with Crippen LogP contribution in [0.5, 0.6) is 0 Å². The minimum atomic E-state index is -0.983. The smallest absolute Gasteiger partial charge is 0.231 e. The maximum atomic E-state index is 13.0. The van der Waals surface area contributed by atoms with Crippen LogP contribution in [0.25, 0.3) is 0 Å². The van der Waals surface area contributed by atoms with Gasteiger partial charge >= 0.3 is 0 Å². The number of halogens is 2. The maximum Gasteiger partial charge on any atom is 0.231 e. The molecule has 5 heteroatoms. The largest absolute Gasteiger partial charge is 0.384 e. The standard InChI is InChI=1S/C16H13ClFNO2/c1-8-12-6-10(17)7-13(14(12)19-16(8)21)15(20)9-2-4-11(18)5-3-9/h2-8,15,20H,1H3,(H,19,21). The summed E-state index contributed by atoms with van der Waals surface area (Å²) in [5.41, 5.74) is 2.41. The van der Waals surface area contributed by atoms with E-state index >= 15 is 0 Å². The van der Waals surface area contributed by atoms with Crippen LogP contribution in [-0.2, 0) is 4.79 Å². The highest BCUT2D eigenvalue weighted by molar-refractivity contribution is 6.31. The van der Waals surface area contributed by atoms with Gasteiger partial charge in [-0.1, -0.05) is 23.7 Å². The highest BCUT2D eigenvalue weighted by atomic mass is 35.5. The monoisotopic (exact) mass is 305 g/mol. The van der Waals surface area contributed by atoms with E-state index in [-0.39, 0.29) is 17.6 Å². The van der Waals surface area contributed by atoms with Crippen LogP contribution >= 0.6 is 11.6 Å². The van der Waals surface area contributed by atoms with Crippen molar-refractivity contribution in [1.29, 1.82) is 0 Å². The number of hydrogen-bond donors (Lipinski definition) is 2. The van der Waals surface area contributed by atoms with Crippen molar-refractivity contribution < 1.29 is 14.3 Å². The number of amides is 1. The molecule has 3 rings (SSSR count). The van der Waals surface area contributed by atoms with Crippen LogP contribution in [0.15, 0.2) is 36.4 Å². The zero-order valence-electron chi connectivity index (χ0n) is 11.2. The van der Waals surface area contributed by atoms with Crippen LogP contribution in [0.3, 0.4) is 0 Å². The van der Waals surface area contributed by atoms with Gasteiger partial charge < -0.3 is 10.4 Å². The van der Waals surface area contributed by atoms with Crippen molar-refractivity contribution in [2.45, 2.75) is 18.9 Å². The number of benzene rings is 2. The Kier molecular flexibility index (Phi) is 3.43. The van der Waals surface area contributed by atoms with Gasteiger partial charge in [-0.2, -0.15) is 0 Å². The predicted octanol–water partition coefficient (Wildman–Crippen LogP) is 3.62. The summed E-state index contributed by atoms with van der Waals surface area (Å²) < 4.78 is 13.0. The van der Waals surface area contributed by atoms with Crippen molar-refractivity contribution in [3.8, 4) is 0 Å². The molecule has 1 aliphatic heterocycles. The quantitative estimate of drug-likeness (QED) is 0.890. The topological polar surface area (TPSA) is 49.3 Å². The second-order valence-electron chi connectivity index (χ2n) is 5.12. The van der Waals surface area contributed by atoms with E-state index in [9.17, 15) is 14.3 Å². The third kappa shape index (κ3) is 2.41. The molecular formula is C16H13ClFNO2. The van der Waals surface area contributed by atoms with Gasteiger partial charge in [-0.25, -0.2) is 4.39 Å². The van der Waals surface area contributed by atoms with Gasteiger partial charge in [0, 0.05) is 10.6 Å². The van der Waals surface area contributed by atoms with Gasteiger partial charge in [0.25, 0.3) is 0 Å². The van der Waals surface area contributed by atoms with E-state index in [0.29, 0.717) is 21.8 Å². The number of rotatable bonds is 2. The van der Waals surface area contributed by atoms with E-state index < -0.39 is 6.10 Å². The first kappa shape index (κ1) is 14.0. The van der Waals surface area contributed by atoms with Crippen molar-refractivity contribution in [2.24, 2.45) is 0 Å². The number of fused-ring (bicyclic) bond motifs is 1. The molecule has 0 fully saturated rings.